The molecule has 1 nitrogen and oxygen atoms in total. The number of allylic oxidation sites excluding steroid dienone is 1. The SMILES string of the molecule is C=CC[B]C=CN(CC=C)CC=C. The van der Waals surface area contributed by atoms with Gasteiger partial charge in [-0.1, -0.05) is 24.5 Å². The maximum Gasteiger partial charge on any atom is 0.147 e. The second-order valence-corrected chi connectivity index (χ2v) is 2.63. The number of nitrogens with zero attached hydrogens (tertiary/aromatic N) is 1. The van der Waals surface area contributed by atoms with Gasteiger partial charge in [-0.3, -0.25) is 0 Å². The van der Waals surface area contributed by atoms with Crippen LogP contribution in [0.3, 0.4) is 0 Å². The molecule has 13 heavy (non-hydrogen) atoms. The van der Waals surface area contributed by atoms with Gasteiger partial charge >= 0.3 is 0 Å². The third-order valence-electron chi connectivity index (χ3n) is 1.46. The molecular weight excluding hydrogens is 157 g/mol. The van der Waals surface area contributed by atoms with Crippen LogP contribution in [0.25, 0.3) is 0 Å². The summed E-state index contributed by atoms with van der Waals surface area (Å²) in [5.41, 5.74) is 0. The van der Waals surface area contributed by atoms with E-state index in [9.17, 15) is 0 Å². The first-order valence-corrected chi connectivity index (χ1v) is 4.42. The highest BCUT2D eigenvalue weighted by Crippen LogP contribution is 1.91. The molecular formula is C11H17BN. The standard InChI is InChI=1S/C11H17BN/c1-4-7-12-8-11-13(9-5-2)10-6-3/h4-6,8,11H,1-3,7,9-10H2. The van der Waals surface area contributed by atoms with Crippen molar-refractivity contribution in [2.75, 3.05) is 13.1 Å². The van der Waals surface area contributed by atoms with Crippen LogP contribution in [0.2, 0.25) is 6.32 Å². The van der Waals surface area contributed by atoms with E-state index in [1.54, 1.807) is 0 Å². The zero-order chi connectivity index (χ0) is 9.94. The minimum Gasteiger partial charge on any atom is -0.371 e. The summed E-state index contributed by atoms with van der Waals surface area (Å²) in [6, 6.07) is 0. The van der Waals surface area contributed by atoms with Gasteiger partial charge in [0.05, 0.1) is 0 Å². The molecule has 0 atom stereocenters. The quantitative estimate of drug-likeness (QED) is 0.310. The first-order valence-electron chi connectivity index (χ1n) is 4.42. The van der Waals surface area contributed by atoms with E-state index in [2.05, 4.69) is 31.9 Å². The van der Waals surface area contributed by atoms with Crippen molar-refractivity contribution in [1.29, 1.82) is 0 Å². The Morgan fingerprint density at radius 3 is 2.08 bits per heavy atom. The lowest BCUT2D eigenvalue weighted by Gasteiger charge is -2.15. The lowest BCUT2D eigenvalue weighted by molar-refractivity contribution is 0.463. The van der Waals surface area contributed by atoms with Crippen molar-refractivity contribution in [3.8, 4) is 0 Å². The Morgan fingerprint density at radius 1 is 1.00 bits per heavy atom. The Bertz CT molecular complexity index is 175. The summed E-state index contributed by atoms with van der Waals surface area (Å²) in [4.78, 5) is 2.12. The highest BCUT2D eigenvalue weighted by molar-refractivity contribution is 6.42. The van der Waals surface area contributed by atoms with Gasteiger partial charge in [0.15, 0.2) is 0 Å². The summed E-state index contributed by atoms with van der Waals surface area (Å²) < 4.78 is 0. The van der Waals surface area contributed by atoms with Crippen molar-refractivity contribution < 1.29 is 0 Å². The molecule has 2 heteroatoms. The molecule has 0 amide bonds. The summed E-state index contributed by atoms with van der Waals surface area (Å²) in [5, 5.41) is 0. The van der Waals surface area contributed by atoms with E-state index >= 15 is 0 Å². The van der Waals surface area contributed by atoms with Gasteiger partial charge in [0.2, 0.25) is 0 Å². The summed E-state index contributed by atoms with van der Waals surface area (Å²) in [6.45, 7) is 12.7. The molecule has 0 aromatic carbocycles. The molecule has 0 aliphatic carbocycles. The molecule has 0 aliphatic rings. The Morgan fingerprint density at radius 2 is 1.62 bits per heavy atom. The van der Waals surface area contributed by atoms with Crippen LogP contribution in [0.15, 0.2) is 50.1 Å². The predicted octanol–water partition coefficient (Wildman–Crippen LogP) is 2.44. The van der Waals surface area contributed by atoms with Gasteiger partial charge in [-0.25, -0.2) is 0 Å². The molecule has 0 N–H and O–H groups in total. The molecule has 1 radical (unpaired) electrons. The average molecular weight is 174 g/mol. The highest BCUT2D eigenvalue weighted by atomic mass is 15.1. The first-order chi connectivity index (χ1) is 6.35. The van der Waals surface area contributed by atoms with E-state index < -0.39 is 0 Å². The largest absolute Gasteiger partial charge is 0.371 e. The minimum absolute atomic E-state index is 0.852. The van der Waals surface area contributed by atoms with Crippen LogP contribution < -0.4 is 0 Å². The third-order valence-corrected chi connectivity index (χ3v) is 1.46. The van der Waals surface area contributed by atoms with Crippen LogP contribution in [0.4, 0.5) is 0 Å². The molecule has 0 saturated heterocycles. The van der Waals surface area contributed by atoms with E-state index in [1.807, 2.05) is 30.4 Å². The van der Waals surface area contributed by atoms with Crippen molar-refractivity contribution in [2.24, 2.45) is 0 Å². The first kappa shape index (κ1) is 11.8. The summed E-state index contributed by atoms with van der Waals surface area (Å²) in [6.07, 6.45) is 8.57. The molecule has 0 unspecified atom stereocenters. The fourth-order valence-electron chi connectivity index (χ4n) is 0.885. The Labute approximate surface area is 82.4 Å². The second kappa shape index (κ2) is 8.92. The zero-order valence-corrected chi connectivity index (χ0v) is 8.15. The van der Waals surface area contributed by atoms with E-state index in [0.717, 1.165) is 19.4 Å². The number of rotatable bonds is 8. The highest BCUT2D eigenvalue weighted by Gasteiger charge is 1.90. The zero-order valence-electron chi connectivity index (χ0n) is 8.15. The molecule has 69 valence electrons. The van der Waals surface area contributed by atoms with Crippen molar-refractivity contribution in [3.05, 3.63) is 50.1 Å². The van der Waals surface area contributed by atoms with Crippen molar-refractivity contribution in [3.63, 3.8) is 0 Å². The monoisotopic (exact) mass is 174 g/mol. The molecule has 0 bridgehead atoms. The van der Waals surface area contributed by atoms with Crippen molar-refractivity contribution in [1.82, 2.24) is 4.90 Å². The second-order valence-electron chi connectivity index (χ2n) is 2.63. The molecule has 0 saturated carbocycles. The molecule has 0 rings (SSSR count). The van der Waals surface area contributed by atoms with Crippen LogP contribution in [0.1, 0.15) is 0 Å². The topological polar surface area (TPSA) is 3.24 Å². The average Bonchev–Trinajstić information content (AvgIpc) is 2.13. The molecule has 0 heterocycles. The van der Waals surface area contributed by atoms with Crippen LogP contribution in [-0.4, -0.2) is 25.3 Å². The lowest BCUT2D eigenvalue weighted by atomic mass is 9.75. The van der Waals surface area contributed by atoms with E-state index in [0.29, 0.717) is 0 Å². The smallest absolute Gasteiger partial charge is 0.147 e. The van der Waals surface area contributed by atoms with Crippen molar-refractivity contribution in [2.45, 2.75) is 6.32 Å². The van der Waals surface area contributed by atoms with Crippen LogP contribution >= 0.6 is 0 Å². The van der Waals surface area contributed by atoms with Gasteiger partial charge in [0.25, 0.3) is 0 Å². The fraction of sp³-hybridized carbons (Fsp3) is 0.273. The summed E-state index contributed by atoms with van der Waals surface area (Å²) in [5.74, 6) is 2.02. The Kier molecular flexibility index (Phi) is 8.11. The van der Waals surface area contributed by atoms with E-state index in [4.69, 9.17) is 0 Å². The lowest BCUT2D eigenvalue weighted by Crippen LogP contribution is -2.16. The van der Waals surface area contributed by atoms with E-state index in [1.165, 1.54) is 0 Å². The fourth-order valence-corrected chi connectivity index (χ4v) is 0.885. The molecule has 0 aromatic rings. The van der Waals surface area contributed by atoms with Gasteiger partial charge < -0.3 is 4.90 Å². The number of hydrogen-bond donors (Lipinski definition) is 0. The van der Waals surface area contributed by atoms with E-state index in [-0.39, 0.29) is 0 Å². The Hall–Kier alpha value is -1.18. The van der Waals surface area contributed by atoms with Gasteiger partial charge in [0.1, 0.15) is 7.28 Å². The summed E-state index contributed by atoms with van der Waals surface area (Å²) >= 11 is 0. The summed E-state index contributed by atoms with van der Waals surface area (Å²) in [7, 11) is 2.06. The van der Waals surface area contributed by atoms with Crippen molar-refractivity contribution >= 4 is 7.28 Å². The van der Waals surface area contributed by atoms with Crippen LogP contribution in [-0.2, 0) is 0 Å². The molecule has 0 fully saturated rings. The van der Waals surface area contributed by atoms with Crippen LogP contribution in [0, 0.1) is 0 Å². The maximum atomic E-state index is 3.69. The molecule has 0 aliphatic heterocycles. The maximum absolute atomic E-state index is 3.69. The van der Waals surface area contributed by atoms with Gasteiger partial charge in [0, 0.05) is 13.1 Å². The number of hydrogen-bond acceptors (Lipinski definition) is 1. The van der Waals surface area contributed by atoms with Crippen LogP contribution in [0.5, 0.6) is 0 Å². The third kappa shape index (κ3) is 7.19. The minimum atomic E-state index is 0.852. The van der Waals surface area contributed by atoms with Gasteiger partial charge in [-0.2, -0.15) is 0 Å². The molecule has 0 aromatic heterocycles. The predicted molar refractivity (Wildman–Crippen MR) is 61.9 cm³/mol. The Balaban J connectivity index is 3.76. The van der Waals surface area contributed by atoms with Gasteiger partial charge in [-0.05, 0) is 6.20 Å². The molecule has 0 spiro atoms. The normalized spacial score (nSPS) is 9.54. The van der Waals surface area contributed by atoms with Gasteiger partial charge in [-0.15, -0.1) is 25.7 Å².